The average molecular weight is 262 g/mol. The van der Waals surface area contributed by atoms with E-state index in [9.17, 15) is 13.2 Å². The molecule has 96 valence electrons. The van der Waals surface area contributed by atoms with Crippen LogP contribution in [0.15, 0.2) is 11.1 Å². The highest BCUT2D eigenvalue weighted by Crippen LogP contribution is 2.19. The number of hydrogen-bond acceptors (Lipinski definition) is 6. The molecule has 0 bridgehead atoms. The maximum atomic E-state index is 12.1. The topological polar surface area (TPSA) is 118 Å². The second kappa shape index (κ2) is 5.15. The molecule has 0 aliphatic heterocycles. The molecule has 1 aromatic rings. The Morgan fingerprint density at radius 1 is 1.65 bits per heavy atom. The maximum absolute atomic E-state index is 12.1. The van der Waals surface area contributed by atoms with E-state index in [0.717, 1.165) is 10.5 Å². The Morgan fingerprint density at radius 2 is 2.29 bits per heavy atom. The minimum Gasteiger partial charge on any atom is -0.468 e. The van der Waals surface area contributed by atoms with E-state index in [1.807, 2.05) is 0 Å². The Bertz CT molecular complexity index is 495. The molecule has 17 heavy (non-hydrogen) atoms. The molecule has 1 heterocycles. The molecule has 0 aliphatic carbocycles. The molecule has 0 aliphatic rings. The summed E-state index contributed by atoms with van der Waals surface area (Å²) in [5.74, 6) is -0.703. The number of esters is 1. The fraction of sp³-hybridized carbons (Fsp3) is 0.500. The highest BCUT2D eigenvalue weighted by molar-refractivity contribution is 7.89. The van der Waals surface area contributed by atoms with Crippen LogP contribution in [-0.4, -0.2) is 49.1 Å². The second-order valence-corrected chi connectivity index (χ2v) is 5.06. The van der Waals surface area contributed by atoms with Gasteiger partial charge in [0.2, 0.25) is 10.0 Å². The van der Waals surface area contributed by atoms with E-state index >= 15 is 0 Å². The number of likely N-dealkylation sites (N-methyl/N-ethyl adjacent to an activating group) is 1. The number of H-pyrrole nitrogens is 1. The molecule has 1 aromatic heterocycles. The number of carbonyl (C=O) groups is 1. The minimum atomic E-state index is -3.83. The smallest absolute Gasteiger partial charge is 0.321 e. The fourth-order valence-electron chi connectivity index (χ4n) is 1.21. The zero-order valence-electron chi connectivity index (χ0n) is 9.50. The highest BCUT2D eigenvalue weighted by atomic mass is 32.2. The predicted octanol–water partition coefficient (Wildman–Crippen LogP) is -0.824. The summed E-state index contributed by atoms with van der Waals surface area (Å²) in [5.41, 5.74) is 5.44. The van der Waals surface area contributed by atoms with Crippen LogP contribution < -0.4 is 5.73 Å². The first-order valence-electron chi connectivity index (χ1n) is 4.79. The summed E-state index contributed by atoms with van der Waals surface area (Å²) < 4.78 is 29.5. The lowest BCUT2D eigenvalue weighted by atomic mass is 10.6. The first-order chi connectivity index (χ1) is 7.93. The van der Waals surface area contributed by atoms with Gasteiger partial charge < -0.3 is 10.5 Å². The van der Waals surface area contributed by atoms with Crippen LogP contribution in [0, 0.1) is 0 Å². The maximum Gasteiger partial charge on any atom is 0.321 e. The van der Waals surface area contributed by atoms with E-state index in [1.54, 1.807) is 6.92 Å². The van der Waals surface area contributed by atoms with Crippen molar-refractivity contribution in [2.45, 2.75) is 11.8 Å². The van der Waals surface area contributed by atoms with Gasteiger partial charge in [-0.25, -0.2) is 8.42 Å². The highest BCUT2D eigenvalue weighted by Gasteiger charge is 2.28. The zero-order chi connectivity index (χ0) is 13.1. The quantitative estimate of drug-likeness (QED) is 0.669. The monoisotopic (exact) mass is 262 g/mol. The minimum absolute atomic E-state index is 0.0617. The van der Waals surface area contributed by atoms with Gasteiger partial charge >= 0.3 is 5.97 Å². The van der Waals surface area contributed by atoms with E-state index in [1.165, 1.54) is 7.11 Å². The number of rotatable bonds is 5. The van der Waals surface area contributed by atoms with Crippen molar-refractivity contribution >= 4 is 21.8 Å². The lowest BCUT2D eigenvalue weighted by molar-refractivity contribution is -0.140. The first kappa shape index (κ1) is 13.5. The number of nitrogens with two attached hydrogens (primary N) is 1. The molecule has 0 saturated carbocycles. The van der Waals surface area contributed by atoms with E-state index in [-0.39, 0.29) is 23.8 Å². The first-order valence-corrected chi connectivity index (χ1v) is 6.23. The van der Waals surface area contributed by atoms with Crippen LogP contribution in [0.25, 0.3) is 0 Å². The van der Waals surface area contributed by atoms with Gasteiger partial charge in [0.1, 0.15) is 17.3 Å². The molecular weight excluding hydrogens is 248 g/mol. The summed E-state index contributed by atoms with van der Waals surface area (Å²) >= 11 is 0. The number of nitrogens with one attached hydrogen (secondary N) is 1. The van der Waals surface area contributed by atoms with Gasteiger partial charge in [-0.15, -0.1) is 0 Å². The third-order valence-electron chi connectivity index (χ3n) is 2.14. The molecule has 0 aromatic carbocycles. The third-order valence-corrected chi connectivity index (χ3v) is 4.08. The van der Waals surface area contributed by atoms with Crippen LogP contribution >= 0.6 is 0 Å². The Kier molecular flexibility index (Phi) is 4.07. The molecule has 0 saturated heterocycles. The summed E-state index contributed by atoms with van der Waals surface area (Å²) in [4.78, 5) is 10.9. The van der Waals surface area contributed by atoms with Gasteiger partial charge in [-0.1, -0.05) is 6.92 Å². The predicted molar refractivity (Wildman–Crippen MR) is 59.4 cm³/mol. The fourth-order valence-corrected chi connectivity index (χ4v) is 2.61. The molecular formula is C8H14N4O4S. The second-order valence-electron chi connectivity index (χ2n) is 3.16. The van der Waals surface area contributed by atoms with Gasteiger partial charge in [-0.2, -0.15) is 9.40 Å². The molecule has 0 spiro atoms. The van der Waals surface area contributed by atoms with Gasteiger partial charge in [-0.3, -0.25) is 9.89 Å². The normalized spacial score (nSPS) is 11.7. The van der Waals surface area contributed by atoms with E-state index < -0.39 is 16.0 Å². The number of sulfonamides is 1. The van der Waals surface area contributed by atoms with E-state index in [2.05, 4.69) is 14.9 Å². The Hall–Kier alpha value is -1.61. The van der Waals surface area contributed by atoms with Crippen molar-refractivity contribution < 1.29 is 17.9 Å². The van der Waals surface area contributed by atoms with Crippen LogP contribution in [0.4, 0.5) is 5.82 Å². The van der Waals surface area contributed by atoms with Gasteiger partial charge in [0.05, 0.1) is 13.3 Å². The van der Waals surface area contributed by atoms with Crippen LogP contribution in [-0.2, 0) is 19.6 Å². The molecule has 0 atom stereocenters. The van der Waals surface area contributed by atoms with Crippen molar-refractivity contribution in [1.29, 1.82) is 0 Å². The molecule has 9 heteroatoms. The number of carbonyl (C=O) groups excluding carboxylic acids is 1. The molecule has 0 fully saturated rings. The van der Waals surface area contributed by atoms with Gasteiger partial charge in [0, 0.05) is 6.54 Å². The SMILES string of the molecule is CCN(CC(=O)OC)S(=O)(=O)c1cn[nH]c1N. The standard InChI is InChI=1S/C8H14N4O4S/c1-3-12(5-7(13)16-2)17(14,15)6-4-10-11-8(6)9/h4H,3,5H2,1-2H3,(H3,9,10,11). The Balaban J connectivity index is 3.03. The Labute approximate surface area is 98.8 Å². The number of nitrogens with zero attached hydrogens (tertiary/aromatic N) is 2. The van der Waals surface area contributed by atoms with Crippen LogP contribution in [0.1, 0.15) is 6.92 Å². The molecule has 1 rings (SSSR count). The van der Waals surface area contributed by atoms with Crippen molar-refractivity contribution in [3.05, 3.63) is 6.20 Å². The number of hydrogen-bond donors (Lipinski definition) is 2. The van der Waals surface area contributed by atoms with Crippen LogP contribution in [0.3, 0.4) is 0 Å². The summed E-state index contributed by atoms with van der Waals surface area (Å²) in [6, 6.07) is 0. The average Bonchev–Trinajstić information content (AvgIpc) is 2.72. The molecule has 0 radical (unpaired) electrons. The largest absolute Gasteiger partial charge is 0.468 e. The van der Waals surface area contributed by atoms with E-state index in [4.69, 9.17) is 5.73 Å². The molecule has 0 unspecified atom stereocenters. The van der Waals surface area contributed by atoms with E-state index in [0.29, 0.717) is 0 Å². The number of anilines is 1. The third kappa shape index (κ3) is 2.74. The number of methoxy groups -OCH3 is 1. The van der Waals surface area contributed by atoms with Crippen LogP contribution in [0.2, 0.25) is 0 Å². The summed E-state index contributed by atoms with van der Waals surface area (Å²) in [6.07, 6.45) is 1.10. The number of aromatic nitrogens is 2. The lowest BCUT2D eigenvalue weighted by Crippen LogP contribution is -2.36. The van der Waals surface area contributed by atoms with Crippen molar-refractivity contribution in [2.24, 2.45) is 0 Å². The molecule has 0 amide bonds. The summed E-state index contributed by atoms with van der Waals surface area (Å²) in [5, 5.41) is 5.86. The van der Waals surface area contributed by atoms with Crippen LogP contribution in [0.5, 0.6) is 0 Å². The number of aromatic amines is 1. The Morgan fingerprint density at radius 3 is 2.71 bits per heavy atom. The molecule has 3 N–H and O–H groups in total. The van der Waals surface area contributed by atoms with Gasteiger partial charge in [0.15, 0.2) is 0 Å². The van der Waals surface area contributed by atoms with Crippen molar-refractivity contribution in [1.82, 2.24) is 14.5 Å². The van der Waals surface area contributed by atoms with Crippen molar-refractivity contribution in [3.63, 3.8) is 0 Å². The zero-order valence-corrected chi connectivity index (χ0v) is 10.3. The van der Waals surface area contributed by atoms with Crippen molar-refractivity contribution in [3.8, 4) is 0 Å². The van der Waals surface area contributed by atoms with Crippen molar-refractivity contribution in [2.75, 3.05) is 25.9 Å². The number of ether oxygens (including phenoxy) is 1. The summed E-state index contributed by atoms with van der Waals surface area (Å²) in [7, 11) is -2.64. The molecule has 8 nitrogen and oxygen atoms in total. The summed E-state index contributed by atoms with van der Waals surface area (Å²) in [6.45, 7) is 1.37. The van der Waals surface area contributed by atoms with Gasteiger partial charge in [0.25, 0.3) is 0 Å². The lowest BCUT2D eigenvalue weighted by Gasteiger charge is -2.18. The van der Waals surface area contributed by atoms with Gasteiger partial charge in [-0.05, 0) is 0 Å². The number of nitrogen functional groups attached to an aromatic ring is 1.